The highest BCUT2D eigenvalue weighted by Gasteiger charge is 2.15. The van der Waals surface area contributed by atoms with Gasteiger partial charge in [0.25, 0.3) is 0 Å². The third kappa shape index (κ3) is 6.71. The van der Waals surface area contributed by atoms with Crippen LogP contribution in [0.15, 0.2) is 66.9 Å². The smallest absolute Gasteiger partial charge is 0.227 e. The quantitative estimate of drug-likeness (QED) is 0.206. The molecule has 198 valence electrons. The van der Waals surface area contributed by atoms with Crippen molar-refractivity contribution in [2.75, 3.05) is 23.8 Å². The number of rotatable bonds is 9. The summed E-state index contributed by atoms with van der Waals surface area (Å²) >= 11 is 1.69. The molecule has 2 aromatic heterocycles. The third-order valence-corrected chi connectivity index (χ3v) is 7.82. The van der Waals surface area contributed by atoms with E-state index in [0.717, 1.165) is 57.8 Å². The maximum atomic E-state index is 5.93. The van der Waals surface area contributed by atoms with Crippen LogP contribution >= 0.6 is 11.3 Å². The van der Waals surface area contributed by atoms with E-state index in [1.807, 2.05) is 37.4 Å². The fraction of sp³-hybridized carbons (Fsp3) is 0.355. The normalized spacial score (nSPS) is 15.4. The SMILES string of the molecule is Cc1cnc(Nc2ccc(OCCC3CCCN3)cc2)nc1-c1ccc(Nc2cccc(C(C)(C)C)c2)s1. The minimum absolute atomic E-state index is 0.111. The standard InChI is InChI=1S/C31H37N5OS/c1-21-20-33-30(35-24-10-12-26(13-11-24)37-18-16-23-9-6-17-32-23)36-29(21)27-14-15-28(38-27)34-25-8-5-7-22(19-25)31(2,3)4/h5,7-8,10-15,19-20,23,32,34H,6,9,16-18H2,1-4H3,(H,33,35,36). The molecular weight excluding hydrogens is 490 g/mol. The van der Waals surface area contributed by atoms with Crippen LogP contribution in [-0.2, 0) is 5.41 Å². The van der Waals surface area contributed by atoms with E-state index in [4.69, 9.17) is 9.72 Å². The molecule has 1 unspecified atom stereocenters. The molecule has 1 aliphatic rings. The number of hydrogen-bond donors (Lipinski definition) is 3. The number of thiophene rings is 1. The van der Waals surface area contributed by atoms with E-state index in [2.05, 4.69) is 78.1 Å². The predicted octanol–water partition coefficient (Wildman–Crippen LogP) is 7.82. The first kappa shape index (κ1) is 26.2. The maximum absolute atomic E-state index is 5.93. The van der Waals surface area contributed by atoms with Gasteiger partial charge in [-0.1, -0.05) is 32.9 Å². The summed E-state index contributed by atoms with van der Waals surface area (Å²) < 4.78 is 5.93. The van der Waals surface area contributed by atoms with Crippen LogP contribution in [0.1, 0.15) is 51.2 Å². The molecule has 0 bridgehead atoms. The Hall–Kier alpha value is -3.42. The Morgan fingerprint density at radius 3 is 2.63 bits per heavy atom. The van der Waals surface area contributed by atoms with Gasteiger partial charge in [0.05, 0.1) is 22.2 Å². The number of nitrogens with one attached hydrogen (secondary N) is 3. The number of nitrogens with zero attached hydrogens (tertiary/aromatic N) is 2. The van der Waals surface area contributed by atoms with Crippen LogP contribution in [0.3, 0.4) is 0 Å². The molecule has 5 rings (SSSR count). The second-order valence-electron chi connectivity index (χ2n) is 10.9. The molecule has 1 atom stereocenters. The highest BCUT2D eigenvalue weighted by Crippen LogP contribution is 2.35. The Labute approximate surface area is 229 Å². The van der Waals surface area contributed by atoms with E-state index in [1.165, 1.54) is 18.4 Å². The average molecular weight is 528 g/mol. The van der Waals surface area contributed by atoms with Crippen LogP contribution in [0, 0.1) is 6.92 Å². The summed E-state index contributed by atoms with van der Waals surface area (Å²) in [5.41, 5.74) is 5.41. The molecule has 0 radical (unpaired) electrons. The first-order valence-electron chi connectivity index (χ1n) is 13.4. The lowest BCUT2D eigenvalue weighted by molar-refractivity contribution is 0.292. The molecule has 7 heteroatoms. The summed E-state index contributed by atoms with van der Waals surface area (Å²) in [7, 11) is 0. The van der Waals surface area contributed by atoms with Crippen LogP contribution in [0.5, 0.6) is 5.75 Å². The topological polar surface area (TPSA) is 71.1 Å². The molecule has 1 aliphatic heterocycles. The largest absolute Gasteiger partial charge is 0.494 e. The molecule has 1 fully saturated rings. The number of ether oxygens (including phenoxy) is 1. The van der Waals surface area contributed by atoms with Gasteiger partial charge in [-0.05, 0) is 97.8 Å². The van der Waals surface area contributed by atoms with Gasteiger partial charge in [0.1, 0.15) is 5.75 Å². The van der Waals surface area contributed by atoms with Crippen molar-refractivity contribution < 1.29 is 4.74 Å². The van der Waals surface area contributed by atoms with E-state index in [1.54, 1.807) is 11.3 Å². The molecule has 3 N–H and O–H groups in total. The van der Waals surface area contributed by atoms with E-state index in [0.29, 0.717) is 12.0 Å². The van der Waals surface area contributed by atoms with Gasteiger partial charge in [0.2, 0.25) is 5.95 Å². The highest BCUT2D eigenvalue weighted by atomic mass is 32.1. The molecule has 0 amide bonds. The Morgan fingerprint density at radius 1 is 1.03 bits per heavy atom. The predicted molar refractivity (Wildman–Crippen MR) is 159 cm³/mol. The lowest BCUT2D eigenvalue weighted by Crippen LogP contribution is -2.23. The van der Waals surface area contributed by atoms with E-state index in [-0.39, 0.29) is 5.41 Å². The van der Waals surface area contributed by atoms with Crippen molar-refractivity contribution >= 4 is 33.7 Å². The zero-order valence-electron chi connectivity index (χ0n) is 22.7. The fourth-order valence-corrected chi connectivity index (χ4v) is 5.56. The second-order valence-corrected chi connectivity index (χ2v) is 12.0. The third-order valence-electron chi connectivity index (χ3n) is 6.82. The number of hydrogen-bond acceptors (Lipinski definition) is 7. The first-order chi connectivity index (χ1) is 18.3. The summed E-state index contributed by atoms with van der Waals surface area (Å²) in [5, 5.41) is 11.5. The molecule has 2 aromatic carbocycles. The van der Waals surface area contributed by atoms with Gasteiger partial charge in [0.15, 0.2) is 0 Å². The van der Waals surface area contributed by atoms with Gasteiger partial charge >= 0.3 is 0 Å². The van der Waals surface area contributed by atoms with E-state index >= 15 is 0 Å². The van der Waals surface area contributed by atoms with Crippen molar-refractivity contribution in [2.45, 2.75) is 58.4 Å². The lowest BCUT2D eigenvalue weighted by Gasteiger charge is -2.19. The van der Waals surface area contributed by atoms with Crippen LogP contribution in [-0.4, -0.2) is 29.2 Å². The first-order valence-corrected chi connectivity index (χ1v) is 14.2. The van der Waals surface area contributed by atoms with Gasteiger partial charge in [-0.3, -0.25) is 0 Å². The Kier molecular flexibility index (Phi) is 7.95. The summed E-state index contributed by atoms with van der Waals surface area (Å²) in [6.45, 7) is 10.6. The zero-order chi connectivity index (χ0) is 26.5. The van der Waals surface area contributed by atoms with Crippen molar-refractivity contribution in [3.05, 3.63) is 78.0 Å². The molecule has 4 aromatic rings. The Bertz CT molecular complexity index is 1350. The zero-order valence-corrected chi connectivity index (χ0v) is 23.5. The van der Waals surface area contributed by atoms with Gasteiger partial charge in [-0.25, -0.2) is 9.97 Å². The highest BCUT2D eigenvalue weighted by molar-refractivity contribution is 7.19. The number of benzene rings is 2. The van der Waals surface area contributed by atoms with Crippen molar-refractivity contribution in [3.8, 4) is 16.3 Å². The van der Waals surface area contributed by atoms with Crippen molar-refractivity contribution in [1.82, 2.24) is 15.3 Å². The molecule has 6 nitrogen and oxygen atoms in total. The summed E-state index contributed by atoms with van der Waals surface area (Å²) in [4.78, 5) is 10.5. The van der Waals surface area contributed by atoms with Gasteiger partial charge in [-0.15, -0.1) is 11.3 Å². The second kappa shape index (κ2) is 11.5. The lowest BCUT2D eigenvalue weighted by atomic mass is 9.87. The molecular formula is C31H37N5OS. The van der Waals surface area contributed by atoms with Crippen molar-refractivity contribution in [2.24, 2.45) is 0 Å². The average Bonchev–Trinajstić information content (AvgIpc) is 3.58. The maximum Gasteiger partial charge on any atom is 0.227 e. The minimum atomic E-state index is 0.111. The molecule has 3 heterocycles. The number of aromatic nitrogens is 2. The van der Waals surface area contributed by atoms with Crippen LogP contribution in [0.4, 0.5) is 22.3 Å². The molecule has 1 saturated heterocycles. The van der Waals surface area contributed by atoms with E-state index in [9.17, 15) is 0 Å². The van der Waals surface area contributed by atoms with Crippen LogP contribution < -0.4 is 20.7 Å². The van der Waals surface area contributed by atoms with E-state index < -0.39 is 0 Å². The van der Waals surface area contributed by atoms with Crippen molar-refractivity contribution in [1.29, 1.82) is 0 Å². The summed E-state index contributed by atoms with van der Waals surface area (Å²) in [5.74, 6) is 1.46. The van der Waals surface area contributed by atoms with Gasteiger partial charge in [0, 0.05) is 23.6 Å². The van der Waals surface area contributed by atoms with Crippen LogP contribution in [0.25, 0.3) is 10.6 Å². The van der Waals surface area contributed by atoms with Gasteiger partial charge in [-0.2, -0.15) is 0 Å². The fourth-order valence-electron chi connectivity index (χ4n) is 4.58. The van der Waals surface area contributed by atoms with Crippen LogP contribution in [0.2, 0.25) is 0 Å². The monoisotopic (exact) mass is 527 g/mol. The Morgan fingerprint density at radius 2 is 1.87 bits per heavy atom. The minimum Gasteiger partial charge on any atom is -0.494 e. The number of anilines is 4. The molecule has 0 aliphatic carbocycles. The number of aryl methyl sites for hydroxylation is 1. The van der Waals surface area contributed by atoms with Gasteiger partial charge < -0.3 is 20.7 Å². The molecule has 0 saturated carbocycles. The molecule has 0 spiro atoms. The Balaban J connectivity index is 1.22. The summed E-state index contributed by atoms with van der Waals surface area (Å²) in [6, 6.07) is 21.4. The van der Waals surface area contributed by atoms with Crippen molar-refractivity contribution in [3.63, 3.8) is 0 Å². The summed E-state index contributed by atoms with van der Waals surface area (Å²) in [6.07, 6.45) is 5.44. The molecule has 38 heavy (non-hydrogen) atoms.